The Kier molecular flexibility index (Phi) is 4.14. The first-order valence-corrected chi connectivity index (χ1v) is 6.66. The van der Waals surface area contributed by atoms with Gasteiger partial charge in [-0.05, 0) is 40.2 Å². The van der Waals surface area contributed by atoms with Gasteiger partial charge in [0.2, 0.25) is 0 Å². The van der Waals surface area contributed by atoms with Crippen LogP contribution in [-0.4, -0.2) is 5.11 Å². The third-order valence-corrected chi connectivity index (χ3v) is 3.63. The molecule has 2 rings (SSSR count). The Morgan fingerprint density at radius 2 is 1.72 bits per heavy atom. The van der Waals surface area contributed by atoms with Crippen LogP contribution in [0.4, 0.5) is 8.78 Å². The molecule has 0 bridgehead atoms. The molecule has 0 fully saturated rings. The van der Waals surface area contributed by atoms with Crippen LogP contribution in [0.25, 0.3) is 0 Å². The lowest BCUT2D eigenvalue weighted by molar-refractivity contribution is 0.209. The Morgan fingerprint density at radius 3 is 2.44 bits per heavy atom. The zero-order valence-electron chi connectivity index (χ0n) is 9.00. The van der Waals surface area contributed by atoms with Crippen LogP contribution in [0, 0.1) is 11.6 Å². The van der Waals surface area contributed by atoms with Gasteiger partial charge in [-0.15, -0.1) is 0 Å². The number of halogens is 4. The summed E-state index contributed by atoms with van der Waals surface area (Å²) in [4.78, 5) is 0. The van der Waals surface area contributed by atoms with Crippen molar-refractivity contribution in [2.75, 3.05) is 0 Å². The van der Waals surface area contributed by atoms with Crippen LogP contribution in [0.2, 0.25) is 0 Å². The molecule has 0 aliphatic rings. The number of aliphatic hydroxyl groups is 1. The van der Waals surface area contributed by atoms with E-state index in [9.17, 15) is 13.9 Å². The second-order valence-electron chi connectivity index (χ2n) is 3.71. The summed E-state index contributed by atoms with van der Waals surface area (Å²) in [6, 6.07) is 8.69. The molecule has 5 heteroatoms. The van der Waals surface area contributed by atoms with E-state index < -0.39 is 17.7 Å². The highest BCUT2D eigenvalue weighted by Crippen LogP contribution is 2.30. The molecule has 0 aromatic heterocycles. The van der Waals surface area contributed by atoms with Crippen LogP contribution in [0.5, 0.6) is 0 Å². The van der Waals surface area contributed by atoms with Crippen molar-refractivity contribution in [1.82, 2.24) is 0 Å². The van der Waals surface area contributed by atoms with E-state index in [1.807, 2.05) is 0 Å². The van der Waals surface area contributed by atoms with E-state index in [1.54, 1.807) is 6.07 Å². The Hall–Kier alpha value is -0.780. The summed E-state index contributed by atoms with van der Waals surface area (Å²) in [5.41, 5.74) is 0.0581. The van der Waals surface area contributed by atoms with Crippen molar-refractivity contribution in [2.24, 2.45) is 0 Å². The highest BCUT2D eigenvalue weighted by atomic mass is 79.9. The number of rotatable bonds is 2. The van der Waals surface area contributed by atoms with Crippen LogP contribution in [-0.2, 0) is 0 Å². The normalized spacial score (nSPS) is 12.5. The fourth-order valence-electron chi connectivity index (χ4n) is 1.62. The largest absolute Gasteiger partial charge is 0.383 e. The average molecular weight is 378 g/mol. The first kappa shape index (κ1) is 13.6. The van der Waals surface area contributed by atoms with E-state index in [0.717, 1.165) is 0 Å². The van der Waals surface area contributed by atoms with Gasteiger partial charge in [0.15, 0.2) is 0 Å². The summed E-state index contributed by atoms with van der Waals surface area (Å²) in [6.07, 6.45) is -1.35. The van der Waals surface area contributed by atoms with E-state index in [1.165, 1.54) is 30.3 Å². The maximum absolute atomic E-state index is 13.8. The van der Waals surface area contributed by atoms with Crippen molar-refractivity contribution in [3.63, 3.8) is 0 Å². The van der Waals surface area contributed by atoms with Crippen molar-refractivity contribution in [2.45, 2.75) is 6.10 Å². The standard InChI is InChI=1S/C13H8Br2F2O/c14-7-4-5-11(16)9(6-7)13(18)8-2-1-3-10(15)12(8)17/h1-6,13,18H. The average Bonchev–Trinajstić information content (AvgIpc) is 2.35. The number of benzene rings is 2. The molecule has 94 valence electrons. The fraction of sp³-hybridized carbons (Fsp3) is 0.0769. The molecule has 1 nitrogen and oxygen atoms in total. The summed E-state index contributed by atoms with van der Waals surface area (Å²) in [6.45, 7) is 0. The van der Waals surface area contributed by atoms with Crippen molar-refractivity contribution < 1.29 is 13.9 Å². The Bertz CT molecular complexity index is 585. The van der Waals surface area contributed by atoms with Crippen molar-refractivity contribution in [1.29, 1.82) is 0 Å². The summed E-state index contributed by atoms with van der Waals surface area (Å²) in [5.74, 6) is -1.17. The maximum atomic E-state index is 13.8. The molecule has 18 heavy (non-hydrogen) atoms. The molecule has 1 unspecified atom stereocenters. The van der Waals surface area contributed by atoms with Gasteiger partial charge in [0.25, 0.3) is 0 Å². The van der Waals surface area contributed by atoms with E-state index in [2.05, 4.69) is 31.9 Å². The minimum absolute atomic E-state index is 0.0291. The lowest BCUT2D eigenvalue weighted by atomic mass is 10.0. The van der Waals surface area contributed by atoms with Crippen molar-refractivity contribution in [3.8, 4) is 0 Å². The first-order chi connectivity index (χ1) is 8.50. The summed E-state index contributed by atoms with van der Waals surface area (Å²) in [7, 11) is 0. The third-order valence-electron chi connectivity index (χ3n) is 2.53. The molecule has 0 aliphatic carbocycles. The molecule has 0 spiro atoms. The van der Waals surface area contributed by atoms with Crippen LogP contribution in [0.1, 0.15) is 17.2 Å². The molecule has 1 atom stereocenters. The molecule has 0 saturated heterocycles. The predicted molar refractivity (Wildman–Crippen MR) is 72.3 cm³/mol. The van der Waals surface area contributed by atoms with E-state index in [4.69, 9.17) is 0 Å². The zero-order chi connectivity index (χ0) is 13.3. The Labute approximate surface area is 120 Å². The van der Waals surface area contributed by atoms with Gasteiger partial charge in [0.05, 0.1) is 4.47 Å². The third kappa shape index (κ3) is 2.63. The van der Waals surface area contributed by atoms with Gasteiger partial charge in [-0.2, -0.15) is 0 Å². The lowest BCUT2D eigenvalue weighted by Gasteiger charge is -2.14. The Balaban J connectivity index is 2.51. The Morgan fingerprint density at radius 1 is 1.00 bits per heavy atom. The zero-order valence-corrected chi connectivity index (χ0v) is 12.2. The van der Waals surface area contributed by atoms with Crippen LogP contribution in [0.3, 0.4) is 0 Å². The predicted octanol–water partition coefficient (Wildman–Crippen LogP) is 4.57. The molecule has 2 aromatic rings. The molecule has 0 aliphatic heterocycles. The fourth-order valence-corrected chi connectivity index (χ4v) is 2.38. The summed E-state index contributed by atoms with van der Waals surface area (Å²) >= 11 is 6.22. The highest BCUT2D eigenvalue weighted by molar-refractivity contribution is 9.10. The SMILES string of the molecule is OC(c1cc(Br)ccc1F)c1cccc(Br)c1F. The van der Waals surface area contributed by atoms with E-state index >= 15 is 0 Å². The second-order valence-corrected chi connectivity index (χ2v) is 5.48. The van der Waals surface area contributed by atoms with E-state index in [-0.39, 0.29) is 15.6 Å². The lowest BCUT2D eigenvalue weighted by Crippen LogP contribution is -2.05. The van der Waals surface area contributed by atoms with Gasteiger partial charge in [0, 0.05) is 15.6 Å². The van der Waals surface area contributed by atoms with Gasteiger partial charge in [-0.25, -0.2) is 8.78 Å². The van der Waals surface area contributed by atoms with Crippen LogP contribution in [0.15, 0.2) is 45.3 Å². The highest BCUT2D eigenvalue weighted by Gasteiger charge is 2.19. The smallest absolute Gasteiger partial charge is 0.143 e. The number of aliphatic hydroxyl groups excluding tert-OH is 1. The first-order valence-electron chi connectivity index (χ1n) is 5.07. The number of hydrogen-bond donors (Lipinski definition) is 1. The molecule has 0 heterocycles. The summed E-state index contributed by atoms with van der Waals surface area (Å²) in [5, 5.41) is 10.1. The van der Waals surface area contributed by atoms with Gasteiger partial charge < -0.3 is 5.11 Å². The quantitative estimate of drug-likeness (QED) is 0.812. The van der Waals surface area contributed by atoms with Crippen molar-refractivity contribution >= 4 is 31.9 Å². The topological polar surface area (TPSA) is 20.2 Å². The van der Waals surface area contributed by atoms with Gasteiger partial charge >= 0.3 is 0 Å². The molecular formula is C13H8Br2F2O. The second kappa shape index (κ2) is 5.47. The van der Waals surface area contributed by atoms with Gasteiger partial charge in [-0.3, -0.25) is 0 Å². The van der Waals surface area contributed by atoms with Crippen molar-refractivity contribution in [3.05, 3.63) is 68.1 Å². The monoisotopic (exact) mass is 376 g/mol. The molecule has 1 N–H and O–H groups in total. The molecule has 0 amide bonds. The molecular weight excluding hydrogens is 370 g/mol. The van der Waals surface area contributed by atoms with Gasteiger partial charge in [0.1, 0.15) is 17.7 Å². The summed E-state index contributed by atoms with van der Waals surface area (Å²) < 4.78 is 28.3. The number of hydrogen-bond acceptors (Lipinski definition) is 1. The molecule has 0 radical (unpaired) electrons. The molecule has 2 aromatic carbocycles. The van der Waals surface area contributed by atoms with Crippen LogP contribution < -0.4 is 0 Å². The minimum atomic E-state index is -1.35. The minimum Gasteiger partial charge on any atom is -0.383 e. The van der Waals surface area contributed by atoms with Crippen LogP contribution >= 0.6 is 31.9 Å². The maximum Gasteiger partial charge on any atom is 0.143 e. The van der Waals surface area contributed by atoms with Gasteiger partial charge in [-0.1, -0.05) is 28.1 Å². The van der Waals surface area contributed by atoms with E-state index in [0.29, 0.717) is 4.47 Å². The molecule has 0 saturated carbocycles.